The number of ether oxygens (including phenoxy) is 2. The number of amides is 1. The van der Waals surface area contributed by atoms with Crippen LogP contribution < -0.4 is 10.4 Å². The van der Waals surface area contributed by atoms with Crippen LogP contribution in [0.4, 0.5) is 10.5 Å². The van der Waals surface area contributed by atoms with Gasteiger partial charge in [0.05, 0.1) is 22.5 Å². The Morgan fingerprint density at radius 3 is 1.81 bits per heavy atom. The number of hydrogen-bond donors (Lipinski definition) is 0. The Balaban J connectivity index is 2.58. The van der Waals surface area contributed by atoms with Crippen molar-refractivity contribution in [1.82, 2.24) is 0 Å². The second kappa shape index (κ2) is 8.38. The largest absolute Gasteiger partial charge is 0.495 e. The van der Waals surface area contributed by atoms with Crippen molar-refractivity contribution in [3.05, 3.63) is 23.3 Å². The van der Waals surface area contributed by atoms with Gasteiger partial charge < -0.3 is 18.8 Å². The fourth-order valence-corrected chi connectivity index (χ4v) is 3.17. The van der Waals surface area contributed by atoms with Crippen LogP contribution in [0.1, 0.15) is 85.2 Å². The van der Waals surface area contributed by atoms with Gasteiger partial charge in [0.2, 0.25) is 0 Å². The van der Waals surface area contributed by atoms with Crippen LogP contribution >= 0.6 is 0 Å². The van der Waals surface area contributed by atoms with Crippen molar-refractivity contribution in [3.63, 3.8) is 0 Å². The molecule has 0 atom stereocenters. The predicted octanol–water partition coefficient (Wildman–Crippen LogP) is 4.62. The van der Waals surface area contributed by atoms with Gasteiger partial charge >= 0.3 is 19.2 Å². The van der Waals surface area contributed by atoms with Crippen LogP contribution in [0.5, 0.6) is 0 Å². The van der Waals surface area contributed by atoms with Crippen LogP contribution in [0.15, 0.2) is 12.1 Å². The summed E-state index contributed by atoms with van der Waals surface area (Å²) in [6.07, 6.45) is -0.526. The fourth-order valence-electron chi connectivity index (χ4n) is 3.17. The van der Waals surface area contributed by atoms with Gasteiger partial charge in [-0.1, -0.05) is 0 Å². The van der Waals surface area contributed by atoms with E-state index in [9.17, 15) is 9.59 Å². The second-order valence-corrected chi connectivity index (χ2v) is 11.3. The van der Waals surface area contributed by atoms with Crippen LogP contribution in [-0.4, -0.2) is 48.6 Å². The van der Waals surface area contributed by atoms with Gasteiger partial charge in [-0.3, -0.25) is 4.90 Å². The highest BCUT2D eigenvalue weighted by Crippen LogP contribution is 2.37. The van der Waals surface area contributed by atoms with Gasteiger partial charge in [-0.25, -0.2) is 9.59 Å². The first-order valence-electron chi connectivity index (χ1n) is 10.9. The first-order valence-corrected chi connectivity index (χ1v) is 10.9. The zero-order chi connectivity index (χ0) is 24.9. The molecule has 1 fully saturated rings. The SMILES string of the molecule is Cc1c(B2OC(C)(C)C(C)(C)O2)cc(C(=O)OC(C)(C)C)cc1N(C)C(=O)OC(C)(C)C. The van der Waals surface area contributed by atoms with Crippen LogP contribution in [0.3, 0.4) is 0 Å². The van der Waals surface area contributed by atoms with E-state index in [0.29, 0.717) is 16.7 Å². The topological polar surface area (TPSA) is 74.3 Å². The van der Waals surface area contributed by atoms with Crippen LogP contribution in [0.2, 0.25) is 0 Å². The molecule has 0 spiro atoms. The number of hydrogen-bond acceptors (Lipinski definition) is 6. The molecule has 1 aromatic rings. The maximum atomic E-state index is 12.9. The van der Waals surface area contributed by atoms with E-state index in [4.69, 9.17) is 18.8 Å². The van der Waals surface area contributed by atoms with Crippen molar-refractivity contribution in [2.75, 3.05) is 11.9 Å². The van der Waals surface area contributed by atoms with E-state index in [-0.39, 0.29) is 0 Å². The smallest absolute Gasteiger partial charge is 0.456 e. The van der Waals surface area contributed by atoms with E-state index in [1.54, 1.807) is 40.0 Å². The molecule has 1 aromatic carbocycles. The monoisotopic (exact) mass is 447 g/mol. The molecule has 2 rings (SSSR count). The number of rotatable bonds is 3. The van der Waals surface area contributed by atoms with Gasteiger partial charge in [-0.05, 0) is 99.3 Å². The molecule has 1 aliphatic rings. The molecule has 1 amide bonds. The average molecular weight is 447 g/mol. The van der Waals surface area contributed by atoms with Crippen molar-refractivity contribution in [3.8, 4) is 0 Å². The molecule has 8 heteroatoms. The highest BCUT2D eigenvalue weighted by molar-refractivity contribution is 6.63. The number of anilines is 1. The summed E-state index contributed by atoms with van der Waals surface area (Å²) in [7, 11) is 0.914. The standard InChI is InChI=1S/C24H38BNO6/c1-15-17(25-31-23(8,9)24(10,11)32-25)13-16(19(27)29-21(2,3)4)14-18(15)26(12)20(28)30-22(5,6)7/h13-14H,1-12H3. The minimum atomic E-state index is -0.701. The molecule has 0 unspecified atom stereocenters. The highest BCUT2D eigenvalue weighted by Gasteiger charge is 2.52. The summed E-state index contributed by atoms with van der Waals surface area (Å²) in [5.74, 6) is -0.492. The van der Waals surface area contributed by atoms with Crippen LogP contribution in [0.25, 0.3) is 0 Å². The molecule has 32 heavy (non-hydrogen) atoms. The minimum Gasteiger partial charge on any atom is -0.456 e. The van der Waals surface area contributed by atoms with E-state index in [2.05, 4.69) is 0 Å². The zero-order valence-corrected chi connectivity index (χ0v) is 21.6. The normalized spacial score (nSPS) is 17.8. The molecule has 178 valence electrons. The summed E-state index contributed by atoms with van der Waals surface area (Å²) in [5.41, 5.74) is -0.179. The van der Waals surface area contributed by atoms with Gasteiger partial charge in [0.25, 0.3) is 0 Å². The number of benzene rings is 1. The lowest BCUT2D eigenvalue weighted by Crippen LogP contribution is -2.41. The molecule has 0 aliphatic carbocycles. The fraction of sp³-hybridized carbons (Fsp3) is 0.667. The van der Waals surface area contributed by atoms with E-state index < -0.39 is 41.6 Å². The van der Waals surface area contributed by atoms with Crippen LogP contribution in [-0.2, 0) is 18.8 Å². The third-order valence-corrected chi connectivity index (χ3v) is 5.59. The molecule has 0 radical (unpaired) electrons. The Bertz CT molecular complexity index is 879. The van der Waals surface area contributed by atoms with Crippen LogP contribution in [0, 0.1) is 6.92 Å². The first kappa shape index (κ1) is 26.2. The summed E-state index contributed by atoms with van der Waals surface area (Å²) < 4.78 is 23.6. The third-order valence-electron chi connectivity index (χ3n) is 5.59. The molecule has 0 bridgehead atoms. The molecule has 7 nitrogen and oxygen atoms in total. The number of nitrogens with zero attached hydrogens (tertiary/aromatic N) is 1. The van der Waals surface area contributed by atoms with E-state index in [1.807, 2.05) is 55.4 Å². The molecule has 0 N–H and O–H groups in total. The average Bonchev–Trinajstić information content (AvgIpc) is 2.78. The van der Waals surface area contributed by atoms with Crippen molar-refractivity contribution in [2.45, 2.75) is 98.6 Å². The molecular weight excluding hydrogens is 409 g/mol. The second-order valence-electron chi connectivity index (χ2n) is 11.3. The molecule has 0 aromatic heterocycles. The van der Waals surface area contributed by atoms with Gasteiger partial charge in [0.1, 0.15) is 11.2 Å². The number of esters is 1. The molecule has 1 aliphatic heterocycles. The summed E-state index contributed by atoms with van der Waals surface area (Å²) in [6, 6.07) is 3.36. The summed E-state index contributed by atoms with van der Waals surface area (Å²) >= 11 is 0. The molecule has 1 saturated heterocycles. The van der Waals surface area contributed by atoms with Gasteiger partial charge in [-0.15, -0.1) is 0 Å². The Morgan fingerprint density at radius 1 is 0.906 bits per heavy atom. The number of carbonyl (C=O) groups excluding carboxylic acids is 2. The minimum absolute atomic E-state index is 0.306. The van der Waals surface area contributed by atoms with Crippen molar-refractivity contribution < 1.29 is 28.4 Å². The molecule has 0 saturated carbocycles. The van der Waals surface area contributed by atoms with Gasteiger partial charge in [0, 0.05) is 7.05 Å². The Hall–Kier alpha value is -2.06. The summed E-state index contributed by atoms with van der Waals surface area (Å²) in [4.78, 5) is 27.1. The lowest BCUT2D eigenvalue weighted by molar-refractivity contribution is 0.00578. The Morgan fingerprint density at radius 2 is 1.38 bits per heavy atom. The molecular formula is C24H38BNO6. The van der Waals surface area contributed by atoms with Crippen molar-refractivity contribution in [1.29, 1.82) is 0 Å². The lowest BCUT2D eigenvalue weighted by Gasteiger charge is -2.32. The highest BCUT2D eigenvalue weighted by atomic mass is 16.7. The van der Waals surface area contributed by atoms with E-state index >= 15 is 0 Å². The predicted molar refractivity (Wildman–Crippen MR) is 127 cm³/mol. The lowest BCUT2D eigenvalue weighted by atomic mass is 9.74. The first-order chi connectivity index (χ1) is 14.2. The van der Waals surface area contributed by atoms with Gasteiger partial charge in [-0.2, -0.15) is 0 Å². The third kappa shape index (κ3) is 5.84. The summed E-state index contributed by atoms with van der Waals surface area (Å²) in [6.45, 7) is 20.6. The Kier molecular flexibility index (Phi) is 6.86. The molecule has 1 heterocycles. The number of carbonyl (C=O) groups is 2. The Labute approximate surface area is 192 Å². The van der Waals surface area contributed by atoms with Gasteiger partial charge in [0.15, 0.2) is 0 Å². The van der Waals surface area contributed by atoms with E-state index in [1.165, 1.54) is 4.90 Å². The zero-order valence-electron chi connectivity index (χ0n) is 21.6. The maximum Gasteiger partial charge on any atom is 0.495 e. The van der Waals surface area contributed by atoms with Crippen molar-refractivity contribution in [2.24, 2.45) is 0 Å². The van der Waals surface area contributed by atoms with Crippen molar-refractivity contribution >= 4 is 30.3 Å². The van der Waals surface area contributed by atoms with E-state index in [0.717, 1.165) is 5.56 Å². The summed E-state index contributed by atoms with van der Waals surface area (Å²) in [5, 5.41) is 0. The maximum absolute atomic E-state index is 12.9. The quantitative estimate of drug-likeness (QED) is 0.497.